The van der Waals surface area contributed by atoms with E-state index in [1.54, 1.807) is 6.92 Å². The molecule has 3 N–H and O–H groups in total. The monoisotopic (exact) mass is 344 g/mol. The SMILES string of the molecule is CC([NH3+])C(=O)Oc1ccc2c(=O)c(Oc3ccc(F)cc3)coc2c1. The van der Waals surface area contributed by atoms with Gasteiger partial charge in [0.2, 0.25) is 11.2 Å². The number of benzene rings is 2. The van der Waals surface area contributed by atoms with Gasteiger partial charge in [0, 0.05) is 6.07 Å². The zero-order valence-corrected chi connectivity index (χ0v) is 13.3. The van der Waals surface area contributed by atoms with E-state index in [-0.39, 0.29) is 22.5 Å². The van der Waals surface area contributed by atoms with E-state index in [9.17, 15) is 14.0 Å². The van der Waals surface area contributed by atoms with Crippen LogP contribution in [-0.4, -0.2) is 12.0 Å². The summed E-state index contributed by atoms with van der Waals surface area (Å²) in [6.07, 6.45) is 1.16. The fraction of sp³-hybridized carbons (Fsp3) is 0.111. The lowest BCUT2D eigenvalue weighted by Gasteiger charge is -2.07. The van der Waals surface area contributed by atoms with E-state index in [0.29, 0.717) is 5.75 Å². The molecule has 25 heavy (non-hydrogen) atoms. The third-order valence-electron chi connectivity index (χ3n) is 3.38. The summed E-state index contributed by atoms with van der Waals surface area (Å²) in [4.78, 5) is 24.0. The molecule has 0 spiro atoms. The second kappa shape index (κ2) is 6.74. The molecule has 7 heteroatoms. The van der Waals surface area contributed by atoms with Gasteiger partial charge in [-0.3, -0.25) is 4.79 Å². The van der Waals surface area contributed by atoms with Gasteiger partial charge in [0.05, 0.1) is 5.39 Å². The van der Waals surface area contributed by atoms with Gasteiger partial charge in [0.1, 0.15) is 29.2 Å². The van der Waals surface area contributed by atoms with Crippen LogP contribution in [0.3, 0.4) is 0 Å². The summed E-state index contributed by atoms with van der Waals surface area (Å²) in [5.41, 5.74) is 3.43. The van der Waals surface area contributed by atoms with Crippen LogP contribution in [-0.2, 0) is 4.79 Å². The quantitative estimate of drug-likeness (QED) is 0.579. The number of halogens is 1. The van der Waals surface area contributed by atoms with Crippen LogP contribution in [0.5, 0.6) is 17.2 Å². The molecule has 3 aromatic rings. The molecule has 1 heterocycles. The molecule has 0 saturated heterocycles. The standard InChI is InChI=1S/C18H14FNO5/c1-10(20)18(22)25-13-6-7-14-15(8-13)23-9-16(17(14)21)24-12-4-2-11(19)3-5-12/h2-10H,20H2,1H3/p+1. The Kier molecular flexibility index (Phi) is 4.49. The zero-order valence-electron chi connectivity index (χ0n) is 13.3. The van der Waals surface area contributed by atoms with Crippen molar-refractivity contribution in [1.29, 1.82) is 0 Å². The van der Waals surface area contributed by atoms with Gasteiger partial charge in [-0.1, -0.05) is 0 Å². The Hall–Kier alpha value is -3.19. The first kappa shape index (κ1) is 16.7. The first-order chi connectivity index (χ1) is 11.9. The van der Waals surface area contributed by atoms with Gasteiger partial charge in [-0.25, -0.2) is 9.18 Å². The van der Waals surface area contributed by atoms with Crippen LogP contribution in [0.15, 0.2) is 57.9 Å². The predicted molar refractivity (Wildman–Crippen MR) is 86.9 cm³/mol. The van der Waals surface area contributed by atoms with E-state index < -0.39 is 23.3 Å². The number of carbonyl (C=O) groups is 1. The molecule has 0 aliphatic heterocycles. The second-order valence-corrected chi connectivity index (χ2v) is 5.47. The van der Waals surface area contributed by atoms with Crippen LogP contribution in [0.4, 0.5) is 4.39 Å². The topological polar surface area (TPSA) is 93.4 Å². The van der Waals surface area contributed by atoms with Crippen molar-refractivity contribution >= 4 is 16.9 Å². The van der Waals surface area contributed by atoms with E-state index in [1.165, 1.54) is 42.5 Å². The molecular weight excluding hydrogens is 329 g/mol. The Labute approximate surface area is 141 Å². The largest absolute Gasteiger partial charge is 0.460 e. The molecule has 128 valence electrons. The Morgan fingerprint density at radius 1 is 1.16 bits per heavy atom. The fourth-order valence-corrected chi connectivity index (χ4v) is 2.07. The Balaban J connectivity index is 1.91. The number of carbonyl (C=O) groups excluding carboxylic acids is 1. The minimum Gasteiger partial charge on any atom is -0.460 e. The second-order valence-electron chi connectivity index (χ2n) is 5.47. The third kappa shape index (κ3) is 3.67. The maximum Gasteiger partial charge on any atom is 0.369 e. The van der Waals surface area contributed by atoms with Crippen molar-refractivity contribution in [2.24, 2.45) is 0 Å². The minimum absolute atomic E-state index is 0.0322. The number of esters is 1. The van der Waals surface area contributed by atoms with Gasteiger partial charge in [-0.15, -0.1) is 0 Å². The summed E-state index contributed by atoms with van der Waals surface area (Å²) in [7, 11) is 0. The minimum atomic E-state index is -0.519. The van der Waals surface area contributed by atoms with Crippen molar-refractivity contribution in [3.8, 4) is 17.2 Å². The summed E-state index contributed by atoms with van der Waals surface area (Å²) in [5, 5.41) is 0.266. The van der Waals surface area contributed by atoms with Crippen molar-refractivity contribution in [3.63, 3.8) is 0 Å². The number of rotatable bonds is 4. The fourth-order valence-electron chi connectivity index (χ4n) is 2.07. The van der Waals surface area contributed by atoms with Crippen molar-refractivity contribution in [2.75, 3.05) is 0 Å². The van der Waals surface area contributed by atoms with E-state index in [2.05, 4.69) is 5.73 Å². The molecular formula is C18H15FNO5+. The summed E-state index contributed by atoms with van der Waals surface area (Å²) < 4.78 is 28.9. The summed E-state index contributed by atoms with van der Waals surface area (Å²) in [5.74, 6) is -0.365. The summed E-state index contributed by atoms with van der Waals surface area (Å²) in [6, 6.07) is 9.15. The maximum absolute atomic E-state index is 12.9. The first-order valence-electron chi connectivity index (χ1n) is 7.48. The number of quaternary nitrogens is 1. The zero-order chi connectivity index (χ0) is 18.0. The Morgan fingerprint density at radius 2 is 1.84 bits per heavy atom. The van der Waals surface area contributed by atoms with E-state index in [0.717, 1.165) is 6.26 Å². The lowest BCUT2D eigenvalue weighted by molar-refractivity contribution is -0.401. The number of hydrogen-bond donors (Lipinski definition) is 1. The molecule has 6 nitrogen and oxygen atoms in total. The molecule has 2 aromatic carbocycles. The lowest BCUT2D eigenvalue weighted by atomic mass is 10.2. The van der Waals surface area contributed by atoms with Crippen LogP contribution in [0, 0.1) is 5.82 Å². The normalized spacial score (nSPS) is 12.0. The van der Waals surface area contributed by atoms with Crippen molar-refractivity contribution in [2.45, 2.75) is 13.0 Å². The summed E-state index contributed by atoms with van der Waals surface area (Å²) >= 11 is 0. The highest BCUT2D eigenvalue weighted by Gasteiger charge is 2.15. The Morgan fingerprint density at radius 3 is 2.52 bits per heavy atom. The number of hydrogen-bond acceptors (Lipinski definition) is 5. The van der Waals surface area contributed by atoms with Crippen LogP contribution < -0.4 is 20.6 Å². The highest BCUT2D eigenvalue weighted by atomic mass is 19.1. The number of fused-ring (bicyclic) bond motifs is 1. The number of ether oxygens (including phenoxy) is 2. The molecule has 0 fully saturated rings. The summed E-state index contributed by atoms with van der Waals surface area (Å²) in [6.45, 7) is 1.61. The molecule has 0 bridgehead atoms. The Bertz CT molecular complexity index is 979. The molecule has 0 aliphatic rings. The van der Waals surface area contributed by atoms with Crippen LogP contribution in [0.1, 0.15) is 6.92 Å². The van der Waals surface area contributed by atoms with Crippen LogP contribution >= 0.6 is 0 Å². The smallest absolute Gasteiger partial charge is 0.369 e. The molecule has 0 amide bonds. The van der Waals surface area contributed by atoms with Crippen LogP contribution in [0.25, 0.3) is 11.0 Å². The molecule has 1 atom stereocenters. The highest BCUT2D eigenvalue weighted by Crippen LogP contribution is 2.24. The molecule has 0 radical (unpaired) electrons. The van der Waals surface area contributed by atoms with Gasteiger partial charge in [-0.2, -0.15) is 0 Å². The van der Waals surface area contributed by atoms with Gasteiger partial charge in [-0.05, 0) is 43.3 Å². The average Bonchev–Trinajstić information content (AvgIpc) is 2.59. The van der Waals surface area contributed by atoms with E-state index in [4.69, 9.17) is 13.9 Å². The molecule has 1 unspecified atom stereocenters. The van der Waals surface area contributed by atoms with Gasteiger partial charge < -0.3 is 19.6 Å². The molecule has 3 rings (SSSR count). The van der Waals surface area contributed by atoms with Crippen LogP contribution in [0.2, 0.25) is 0 Å². The van der Waals surface area contributed by atoms with Gasteiger partial charge in [0.15, 0.2) is 6.04 Å². The first-order valence-corrected chi connectivity index (χ1v) is 7.48. The van der Waals surface area contributed by atoms with Gasteiger partial charge in [0.25, 0.3) is 0 Å². The molecule has 0 saturated carbocycles. The van der Waals surface area contributed by atoms with Crippen molar-refractivity contribution < 1.29 is 28.8 Å². The van der Waals surface area contributed by atoms with Gasteiger partial charge >= 0.3 is 5.97 Å². The van der Waals surface area contributed by atoms with Crippen molar-refractivity contribution in [1.82, 2.24) is 0 Å². The highest BCUT2D eigenvalue weighted by molar-refractivity contribution is 5.81. The average molecular weight is 344 g/mol. The van der Waals surface area contributed by atoms with Crippen molar-refractivity contribution in [3.05, 3.63) is 64.8 Å². The van der Waals surface area contributed by atoms with E-state index in [1.807, 2.05) is 0 Å². The third-order valence-corrected chi connectivity index (χ3v) is 3.38. The molecule has 0 aliphatic carbocycles. The predicted octanol–water partition coefficient (Wildman–Crippen LogP) is 2.26. The lowest BCUT2D eigenvalue weighted by Crippen LogP contribution is -2.64. The molecule has 1 aromatic heterocycles. The van der Waals surface area contributed by atoms with E-state index >= 15 is 0 Å². The maximum atomic E-state index is 12.9.